The molecule has 1 aliphatic carbocycles. The predicted octanol–water partition coefficient (Wildman–Crippen LogP) is 7.41. The smallest absolute Gasteiger partial charge is 0.343 e. The molecule has 2 aromatic rings. The average molecular weight is 512 g/mol. The number of benzene rings is 1. The number of hydrogen-bond donors (Lipinski definition) is 1. The van der Waals surface area contributed by atoms with Gasteiger partial charge in [-0.25, -0.2) is 9.79 Å². The Labute approximate surface area is 219 Å². The van der Waals surface area contributed by atoms with Gasteiger partial charge in [0.1, 0.15) is 17.0 Å². The number of carbonyl (C=O) groups is 2. The van der Waals surface area contributed by atoms with Gasteiger partial charge in [-0.15, -0.1) is 0 Å². The summed E-state index contributed by atoms with van der Waals surface area (Å²) in [5.41, 5.74) is 6.83. The molecule has 36 heavy (non-hydrogen) atoms. The van der Waals surface area contributed by atoms with Gasteiger partial charge in [0.25, 0.3) is 0 Å². The number of nitrogens with zero attached hydrogens (tertiary/aromatic N) is 2. The van der Waals surface area contributed by atoms with Crippen LogP contribution in [-0.2, 0) is 4.74 Å². The van der Waals surface area contributed by atoms with E-state index in [-0.39, 0.29) is 46.3 Å². The molecule has 2 N–H and O–H groups in total. The van der Waals surface area contributed by atoms with E-state index in [0.29, 0.717) is 10.6 Å². The number of amidine groups is 1. The van der Waals surface area contributed by atoms with Gasteiger partial charge in [-0.2, -0.15) is 0 Å². The first kappa shape index (κ1) is 26.5. The van der Waals surface area contributed by atoms with Crippen molar-refractivity contribution < 1.29 is 14.3 Å². The van der Waals surface area contributed by atoms with E-state index in [0.717, 1.165) is 37.7 Å². The number of aliphatic imine (C=N–C) groups is 1. The summed E-state index contributed by atoms with van der Waals surface area (Å²) in [4.78, 5) is 31.5. The number of fused-ring (bicyclic) bond motifs is 1. The van der Waals surface area contributed by atoms with Crippen molar-refractivity contribution in [1.29, 1.82) is 0 Å². The molecule has 4 rings (SSSR count). The van der Waals surface area contributed by atoms with Crippen molar-refractivity contribution in [1.82, 2.24) is 4.57 Å². The second kappa shape index (κ2) is 9.37. The van der Waals surface area contributed by atoms with Crippen LogP contribution in [0.3, 0.4) is 0 Å². The third-order valence-corrected chi connectivity index (χ3v) is 7.70. The Hall–Kier alpha value is -2.60. The Kier molecular flexibility index (Phi) is 6.89. The van der Waals surface area contributed by atoms with Crippen LogP contribution in [0.15, 0.2) is 35.5 Å². The fraction of sp³-hybridized carbons (Fsp3) is 0.552. The minimum Gasteiger partial charge on any atom is -0.455 e. The maximum Gasteiger partial charge on any atom is 0.343 e. The lowest BCUT2D eigenvalue weighted by Gasteiger charge is -2.54. The molecule has 0 atom stereocenters. The van der Waals surface area contributed by atoms with Crippen molar-refractivity contribution in [3.8, 4) is 11.1 Å². The number of halogens is 1. The highest BCUT2D eigenvalue weighted by molar-refractivity contribution is 6.30. The van der Waals surface area contributed by atoms with Gasteiger partial charge in [-0.1, -0.05) is 71.7 Å². The van der Waals surface area contributed by atoms with Crippen LogP contribution in [0.1, 0.15) is 95.2 Å². The molecule has 0 saturated heterocycles. The van der Waals surface area contributed by atoms with E-state index in [2.05, 4.69) is 46.5 Å². The molecule has 1 fully saturated rings. The number of hydrogen-bond acceptors (Lipinski definition) is 5. The van der Waals surface area contributed by atoms with Gasteiger partial charge < -0.3 is 10.5 Å². The molecule has 6 nitrogen and oxygen atoms in total. The first-order valence-electron chi connectivity index (χ1n) is 12.8. The summed E-state index contributed by atoms with van der Waals surface area (Å²) in [6.07, 6.45) is 6.47. The first-order chi connectivity index (χ1) is 16.7. The van der Waals surface area contributed by atoms with Gasteiger partial charge in [0.15, 0.2) is 5.82 Å². The summed E-state index contributed by atoms with van der Waals surface area (Å²) in [6.45, 7) is 13.4. The van der Waals surface area contributed by atoms with E-state index in [1.165, 1.54) is 4.57 Å². The quantitative estimate of drug-likeness (QED) is 0.433. The summed E-state index contributed by atoms with van der Waals surface area (Å²) in [5, 5.41) is 0.588. The van der Waals surface area contributed by atoms with Crippen molar-refractivity contribution in [3.05, 3.63) is 41.0 Å². The van der Waals surface area contributed by atoms with Crippen molar-refractivity contribution in [2.45, 2.75) is 85.7 Å². The van der Waals surface area contributed by atoms with Crippen LogP contribution >= 0.6 is 11.6 Å². The van der Waals surface area contributed by atoms with Crippen molar-refractivity contribution in [2.24, 2.45) is 27.5 Å². The number of nitrogens with two attached hydrogens (primary N) is 1. The lowest BCUT2D eigenvalue weighted by Crippen LogP contribution is -2.54. The lowest BCUT2D eigenvalue weighted by molar-refractivity contribution is -0.136. The highest BCUT2D eigenvalue weighted by atomic mass is 35.5. The molecule has 0 amide bonds. The molecule has 0 bridgehead atoms. The molecule has 194 valence electrons. The Morgan fingerprint density at radius 1 is 1.06 bits per heavy atom. The number of carbonyl (C=O) groups excluding carboxylic acids is 2. The molecule has 1 aromatic carbocycles. The molecule has 1 aliphatic heterocycles. The number of aromatic nitrogens is 1. The fourth-order valence-corrected chi connectivity index (χ4v) is 7.10. The zero-order chi connectivity index (χ0) is 26.5. The monoisotopic (exact) mass is 511 g/mol. The zero-order valence-electron chi connectivity index (χ0n) is 22.3. The molecule has 0 unspecified atom stereocenters. The van der Waals surface area contributed by atoms with Crippen LogP contribution in [-0.4, -0.2) is 27.9 Å². The van der Waals surface area contributed by atoms with E-state index >= 15 is 0 Å². The minimum absolute atomic E-state index is 0.0102. The van der Waals surface area contributed by atoms with Gasteiger partial charge in [-0.05, 0) is 54.2 Å². The molecular weight excluding hydrogens is 474 g/mol. The number of esters is 1. The molecule has 1 aromatic heterocycles. The zero-order valence-corrected chi connectivity index (χ0v) is 23.0. The average Bonchev–Trinajstić information content (AvgIpc) is 3.12. The van der Waals surface area contributed by atoms with Crippen LogP contribution in [0.2, 0.25) is 5.02 Å². The Bertz CT molecular complexity index is 1180. The Balaban J connectivity index is 1.87. The van der Waals surface area contributed by atoms with E-state index in [4.69, 9.17) is 22.1 Å². The molecule has 2 heterocycles. The molecule has 2 aliphatic rings. The standard InChI is InChI=1S/C29H38ClN3O3/c1-27(2,3)26(28(4,5)6)29(14-8-7-9-15-29)36-25(35)23-20(18-10-12-19(30)13-11-18)17-33-22(34)16-21(31)32-24(23)33/h10-13,17,26H,7-9,14-16H2,1-6H3,(H2,31,32). The summed E-state index contributed by atoms with van der Waals surface area (Å²) < 4.78 is 8.09. The Morgan fingerprint density at radius 3 is 2.19 bits per heavy atom. The second-order valence-corrected chi connectivity index (χ2v) is 12.9. The van der Waals surface area contributed by atoms with Crippen LogP contribution in [0.5, 0.6) is 0 Å². The Morgan fingerprint density at radius 2 is 1.64 bits per heavy atom. The van der Waals surface area contributed by atoms with E-state index in [1.807, 2.05) is 12.1 Å². The van der Waals surface area contributed by atoms with E-state index in [1.54, 1.807) is 18.3 Å². The molecule has 1 saturated carbocycles. The summed E-state index contributed by atoms with van der Waals surface area (Å²) in [6, 6.07) is 7.20. The van der Waals surface area contributed by atoms with Crippen LogP contribution in [0.4, 0.5) is 5.82 Å². The van der Waals surface area contributed by atoms with Crippen molar-refractivity contribution in [2.75, 3.05) is 0 Å². The highest BCUT2D eigenvalue weighted by Gasteiger charge is 2.53. The lowest BCUT2D eigenvalue weighted by atomic mass is 9.56. The topological polar surface area (TPSA) is 86.7 Å². The summed E-state index contributed by atoms with van der Waals surface area (Å²) in [5.74, 6) is -0.124. The summed E-state index contributed by atoms with van der Waals surface area (Å²) >= 11 is 6.12. The van der Waals surface area contributed by atoms with Crippen LogP contribution in [0, 0.1) is 16.7 Å². The van der Waals surface area contributed by atoms with E-state index in [9.17, 15) is 9.59 Å². The second-order valence-electron chi connectivity index (χ2n) is 12.5. The van der Waals surface area contributed by atoms with Crippen LogP contribution < -0.4 is 5.73 Å². The normalized spacial score (nSPS) is 18.1. The predicted molar refractivity (Wildman–Crippen MR) is 145 cm³/mol. The maximum atomic E-state index is 14.2. The number of ether oxygens (including phenoxy) is 1. The third kappa shape index (κ3) is 4.97. The van der Waals surface area contributed by atoms with Gasteiger partial charge in [-0.3, -0.25) is 9.36 Å². The van der Waals surface area contributed by atoms with Crippen LogP contribution in [0.25, 0.3) is 11.1 Å². The van der Waals surface area contributed by atoms with Crippen molar-refractivity contribution in [3.63, 3.8) is 0 Å². The van der Waals surface area contributed by atoms with Gasteiger partial charge in [0, 0.05) is 22.7 Å². The number of rotatable bonds is 4. The van der Waals surface area contributed by atoms with Gasteiger partial charge >= 0.3 is 5.97 Å². The molecule has 0 spiro atoms. The minimum atomic E-state index is -0.619. The SMILES string of the molecule is CC(C)(C)C(C(C)(C)C)C1(OC(=O)c2c(-c3ccc(Cl)cc3)cn3c2N=C(N)CC3=O)CCCCC1. The molecule has 7 heteroatoms. The summed E-state index contributed by atoms with van der Waals surface area (Å²) in [7, 11) is 0. The van der Waals surface area contributed by atoms with Gasteiger partial charge in [0.05, 0.1) is 6.42 Å². The molecular formula is C29H38ClN3O3. The van der Waals surface area contributed by atoms with E-state index < -0.39 is 11.6 Å². The fourth-order valence-electron chi connectivity index (χ4n) is 6.97. The van der Waals surface area contributed by atoms with Gasteiger partial charge in [0.2, 0.25) is 5.91 Å². The maximum absolute atomic E-state index is 14.2. The highest BCUT2D eigenvalue weighted by Crippen LogP contribution is 2.54. The molecule has 0 radical (unpaired) electrons. The van der Waals surface area contributed by atoms with Crippen molar-refractivity contribution >= 4 is 35.1 Å². The third-order valence-electron chi connectivity index (χ3n) is 7.44. The first-order valence-corrected chi connectivity index (χ1v) is 13.2. The largest absolute Gasteiger partial charge is 0.455 e.